The van der Waals surface area contributed by atoms with Gasteiger partial charge in [0.15, 0.2) is 0 Å². The standard InChI is InChI=1S/C16H17Br2NO/c1-3-14(13-9-12(18)5-7-16(13)20)19-15-6-4-11(17)8-10(15)2/h4-9,14,19-20H,3H2,1-2H3. The minimum absolute atomic E-state index is 0.0763. The fourth-order valence-corrected chi connectivity index (χ4v) is 3.04. The summed E-state index contributed by atoms with van der Waals surface area (Å²) >= 11 is 6.93. The maximum atomic E-state index is 10.1. The third kappa shape index (κ3) is 3.55. The van der Waals surface area contributed by atoms with Crippen LogP contribution < -0.4 is 5.32 Å². The average molecular weight is 399 g/mol. The van der Waals surface area contributed by atoms with E-state index in [1.165, 1.54) is 5.56 Å². The van der Waals surface area contributed by atoms with Crippen molar-refractivity contribution >= 4 is 37.5 Å². The van der Waals surface area contributed by atoms with Gasteiger partial charge in [-0.15, -0.1) is 0 Å². The van der Waals surface area contributed by atoms with Crippen molar-refractivity contribution in [3.8, 4) is 5.75 Å². The number of hydrogen-bond acceptors (Lipinski definition) is 2. The third-order valence-electron chi connectivity index (χ3n) is 3.29. The van der Waals surface area contributed by atoms with Crippen molar-refractivity contribution < 1.29 is 5.11 Å². The summed E-state index contributed by atoms with van der Waals surface area (Å²) in [5.74, 6) is 0.322. The van der Waals surface area contributed by atoms with Gasteiger partial charge in [-0.3, -0.25) is 0 Å². The maximum absolute atomic E-state index is 10.1. The molecule has 20 heavy (non-hydrogen) atoms. The van der Waals surface area contributed by atoms with Crippen LogP contribution in [0.4, 0.5) is 5.69 Å². The van der Waals surface area contributed by atoms with Crippen LogP contribution >= 0.6 is 31.9 Å². The maximum Gasteiger partial charge on any atom is 0.120 e. The quantitative estimate of drug-likeness (QED) is 0.683. The summed E-state index contributed by atoms with van der Waals surface area (Å²) in [6.07, 6.45) is 0.888. The first-order valence-electron chi connectivity index (χ1n) is 6.52. The van der Waals surface area contributed by atoms with E-state index in [0.29, 0.717) is 5.75 Å². The number of hydrogen-bond donors (Lipinski definition) is 2. The van der Waals surface area contributed by atoms with E-state index in [1.807, 2.05) is 18.2 Å². The smallest absolute Gasteiger partial charge is 0.120 e. The molecule has 0 aliphatic rings. The summed E-state index contributed by atoms with van der Waals surface area (Å²) in [6.45, 7) is 4.17. The van der Waals surface area contributed by atoms with Gasteiger partial charge in [0.2, 0.25) is 0 Å². The summed E-state index contributed by atoms with van der Waals surface area (Å²) < 4.78 is 2.04. The predicted molar refractivity (Wildman–Crippen MR) is 91.3 cm³/mol. The van der Waals surface area contributed by atoms with E-state index < -0.39 is 0 Å². The Bertz CT molecular complexity index is 613. The number of aryl methyl sites for hydroxylation is 1. The Morgan fingerprint density at radius 3 is 2.40 bits per heavy atom. The first kappa shape index (κ1) is 15.4. The van der Waals surface area contributed by atoms with Crippen LogP contribution in [0.1, 0.15) is 30.5 Å². The zero-order chi connectivity index (χ0) is 14.7. The lowest BCUT2D eigenvalue weighted by atomic mass is 10.0. The molecule has 1 unspecified atom stereocenters. The number of anilines is 1. The molecule has 0 aliphatic carbocycles. The zero-order valence-corrected chi connectivity index (χ0v) is 14.6. The van der Waals surface area contributed by atoms with Gasteiger partial charge in [-0.05, 0) is 55.3 Å². The summed E-state index contributed by atoms with van der Waals surface area (Å²) in [7, 11) is 0. The second kappa shape index (κ2) is 6.64. The van der Waals surface area contributed by atoms with Crippen LogP contribution in [-0.2, 0) is 0 Å². The van der Waals surface area contributed by atoms with Crippen LogP contribution in [0.15, 0.2) is 45.3 Å². The summed E-state index contributed by atoms with van der Waals surface area (Å²) in [5, 5.41) is 13.6. The highest BCUT2D eigenvalue weighted by Crippen LogP contribution is 2.33. The Morgan fingerprint density at radius 1 is 1.10 bits per heavy atom. The molecule has 0 bridgehead atoms. The van der Waals surface area contributed by atoms with Crippen molar-refractivity contribution in [3.05, 3.63) is 56.5 Å². The SMILES string of the molecule is CCC(Nc1ccc(Br)cc1C)c1cc(Br)ccc1O. The molecule has 106 valence electrons. The summed E-state index contributed by atoms with van der Waals surface area (Å²) in [5.41, 5.74) is 3.16. The highest BCUT2D eigenvalue weighted by atomic mass is 79.9. The van der Waals surface area contributed by atoms with E-state index in [1.54, 1.807) is 6.07 Å². The molecule has 0 radical (unpaired) electrons. The predicted octanol–water partition coefficient (Wildman–Crippen LogP) is 5.79. The van der Waals surface area contributed by atoms with E-state index in [4.69, 9.17) is 0 Å². The van der Waals surface area contributed by atoms with Crippen LogP contribution in [0.3, 0.4) is 0 Å². The second-order valence-corrected chi connectivity index (χ2v) is 6.60. The van der Waals surface area contributed by atoms with Crippen LogP contribution in [-0.4, -0.2) is 5.11 Å². The number of aromatic hydroxyl groups is 1. The van der Waals surface area contributed by atoms with Gasteiger partial charge in [0.1, 0.15) is 5.75 Å². The average Bonchev–Trinajstić information content (AvgIpc) is 2.41. The molecule has 0 amide bonds. The van der Waals surface area contributed by atoms with Crippen molar-refractivity contribution in [1.82, 2.24) is 0 Å². The molecule has 0 fully saturated rings. The van der Waals surface area contributed by atoms with E-state index in [-0.39, 0.29) is 6.04 Å². The molecule has 2 nitrogen and oxygen atoms in total. The Kier molecular flexibility index (Phi) is 5.11. The van der Waals surface area contributed by atoms with Crippen molar-refractivity contribution in [2.24, 2.45) is 0 Å². The molecule has 2 aromatic carbocycles. The number of rotatable bonds is 4. The molecule has 0 spiro atoms. The van der Waals surface area contributed by atoms with Crippen molar-refractivity contribution in [2.45, 2.75) is 26.3 Å². The monoisotopic (exact) mass is 397 g/mol. The van der Waals surface area contributed by atoms with Crippen LogP contribution in [0.25, 0.3) is 0 Å². The van der Waals surface area contributed by atoms with Gasteiger partial charge >= 0.3 is 0 Å². The molecule has 0 heterocycles. The summed E-state index contributed by atoms with van der Waals surface area (Å²) in [4.78, 5) is 0. The van der Waals surface area contributed by atoms with Gasteiger partial charge in [0.25, 0.3) is 0 Å². The fraction of sp³-hybridized carbons (Fsp3) is 0.250. The van der Waals surface area contributed by atoms with Crippen LogP contribution in [0, 0.1) is 6.92 Å². The Balaban J connectivity index is 2.31. The van der Waals surface area contributed by atoms with Gasteiger partial charge in [0.05, 0.1) is 6.04 Å². The lowest BCUT2D eigenvalue weighted by Crippen LogP contribution is -2.10. The Morgan fingerprint density at radius 2 is 1.75 bits per heavy atom. The Hall–Kier alpha value is -1.00. The van der Waals surface area contributed by atoms with Gasteiger partial charge in [0, 0.05) is 20.2 Å². The van der Waals surface area contributed by atoms with Crippen LogP contribution in [0.2, 0.25) is 0 Å². The highest BCUT2D eigenvalue weighted by Gasteiger charge is 2.14. The molecular formula is C16H17Br2NO. The normalized spacial score (nSPS) is 12.2. The number of benzene rings is 2. The van der Waals surface area contributed by atoms with Crippen molar-refractivity contribution in [3.63, 3.8) is 0 Å². The van der Waals surface area contributed by atoms with E-state index in [0.717, 1.165) is 26.6 Å². The first-order chi connectivity index (χ1) is 9.51. The minimum atomic E-state index is 0.0763. The molecule has 0 aromatic heterocycles. The molecule has 0 aliphatic heterocycles. The number of halogens is 2. The highest BCUT2D eigenvalue weighted by molar-refractivity contribution is 9.10. The fourth-order valence-electron chi connectivity index (χ4n) is 2.18. The topological polar surface area (TPSA) is 32.3 Å². The molecule has 2 N–H and O–H groups in total. The van der Waals surface area contributed by atoms with Gasteiger partial charge in [-0.2, -0.15) is 0 Å². The molecule has 0 saturated carbocycles. The van der Waals surface area contributed by atoms with Gasteiger partial charge < -0.3 is 10.4 Å². The molecular weight excluding hydrogens is 382 g/mol. The Labute approximate surface area is 136 Å². The number of phenolic OH excluding ortho intramolecular Hbond substituents is 1. The lowest BCUT2D eigenvalue weighted by Gasteiger charge is -2.21. The second-order valence-electron chi connectivity index (χ2n) is 4.77. The molecule has 2 rings (SSSR count). The molecule has 1 atom stereocenters. The first-order valence-corrected chi connectivity index (χ1v) is 8.11. The van der Waals surface area contributed by atoms with Crippen molar-refractivity contribution in [1.29, 1.82) is 0 Å². The van der Waals surface area contributed by atoms with E-state index in [9.17, 15) is 5.11 Å². The molecule has 0 saturated heterocycles. The van der Waals surface area contributed by atoms with Crippen molar-refractivity contribution in [2.75, 3.05) is 5.32 Å². The summed E-state index contributed by atoms with van der Waals surface area (Å²) in [6, 6.07) is 11.8. The number of phenols is 1. The van der Waals surface area contributed by atoms with Crippen LogP contribution in [0.5, 0.6) is 5.75 Å². The van der Waals surface area contributed by atoms with Gasteiger partial charge in [-0.25, -0.2) is 0 Å². The van der Waals surface area contributed by atoms with E-state index >= 15 is 0 Å². The minimum Gasteiger partial charge on any atom is -0.508 e. The largest absolute Gasteiger partial charge is 0.508 e. The number of nitrogens with one attached hydrogen (secondary N) is 1. The van der Waals surface area contributed by atoms with E-state index in [2.05, 4.69) is 63.2 Å². The lowest BCUT2D eigenvalue weighted by molar-refractivity contribution is 0.462. The molecule has 2 aromatic rings. The molecule has 4 heteroatoms. The van der Waals surface area contributed by atoms with Gasteiger partial charge in [-0.1, -0.05) is 38.8 Å². The zero-order valence-electron chi connectivity index (χ0n) is 11.5. The third-order valence-corrected chi connectivity index (χ3v) is 4.28.